The molecular weight excluding hydrogens is 200 g/mol. The summed E-state index contributed by atoms with van der Waals surface area (Å²) >= 11 is 0. The standard InChI is InChI=1S/C12H18N4/c1-3-5-8-16-10(9-15-11(16)4-2)12-13-6-7-14-12/h6-7,9H,3-5,8H2,1-2H3,(H,13,14). The maximum absolute atomic E-state index is 4.45. The average molecular weight is 218 g/mol. The summed E-state index contributed by atoms with van der Waals surface area (Å²) in [6.07, 6.45) is 8.87. The van der Waals surface area contributed by atoms with Gasteiger partial charge in [-0.15, -0.1) is 0 Å². The van der Waals surface area contributed by atoms with E-state index in [2.05, 4.69) is 33.4 Å². The Labute approximate surface area is 95.7 Å². The fraction of sp³-hybridized carbons (Fsp3) is 0.500. The zero-order valence-electron chi connectivity index (χ0n) is 9.90. The Balaban J connectivity index is 2.34. The van der Waals surface area contributed by atoms with Crippen molar-refractivity contribution in [2.24, 2.45) is 0 Å². The van der Waals surface area contributed by atoms with Crippen molar-refractivity contribution in [1.82, 2.24) is 19.5 Å². The molecule has 0 unspecified atom stereocenters. The number of hydrogen-bond acceptors (Lipinski definition) is 2. The number of unbranched alkanes of at least 4 members (excludes halogenated alkanes) is 1. The van der Waals surface area contributed by atoms with Gasteiger partial charge in [0.2, 0.25) is 0 Å². The van der Waals surface area contributed by atoms with Crippen LogP contribution in [0.15, 0.2) is 18.6 Å². The molecule has 0 spiro atoms. The lowest BCUT2D eigenvalue weighted by molar-refractivity contribution is 0.609. The molecule has 0 aliphatic heterocycles. The van der Waals surface area contributed by atoms with Crippen molar-refractivity contribution in [3.8, 4) is 11.5 Å². The van der Waals surface area contributed by atoms with Gasteiger partial charge in [0.05, 0.1) is 6.20 Å². The van der Waals surface area contributed by atoms with E-state index < -0.39 is 0 Å². The number of imidazole rings is 2. The topological polar surface area (TPSA) is 46.5 Å². The summed E-state index contributed by atoms with van der Waals surface area (Å²) in [4.78, 5) is 11.9. The summed E-state index contributed by atoms with van der Waals surface area (Å²) in [7, 11) is 0. The number of aryl methyl sites for hydroxylation is 1. The SMILES string of the molecule is CCCCn1c(-c2ncc[nH]2)cnc1CC. The van der Waals surface area contributed by atoms with Crippen LogP contribution in [0, 0.1) is 0 Å². The fourth-order valence-electron chi connectivity index (χ4n) is 1.86. The van der Waals surface area contributed by atoms with Crippen molar-refractivity contribution in [3.05, 3.63) is 24.4 Å². The maximum Gasteiger partial charge on any atom is 0.155 e. The summed E-state index contributed by atoms with van der Waals surface area (Å²) in [6, 6.07) is 0. The van der Waals surface area contributed by atoms with E-state index >= 15 is 0 Å². The summed E-state index contributed by atoms with van der Waals surface area (Å²) in [5, 5.41) is 0. The van der Waals surface area contributed by atoms with Crippen LogP contribution in [0.25, 0.3) is 11.5 Å². The summed E-state index contributed by atoms with van der Waals surface area (Å²) in [5.74, 6) is 2.04. The number of nitrogens with one attached hydrogen (secondary N) is 1. The summed E-state index contributed by atoms with van der Waals surface area (Å²) < 4.78 is 2.27. The largest absolute Gasteiger partial charge is 0.343 e. The van der Waals surface area contributed by atoms with E-state index in [-0.39, 0.29) is 0 Å². The Hall–Kier alpha value is -1.58. The number of aromatic amines is 1. The van der Waals surface area contributed by atoms with Gasteiger partial charge in [0, 0.05) is 25.4 Å². The lowest BCUT2D eigenvalue weighted by Crippen LogP contribution is -2.05. The third-order valence-corrected chi connectivity index (χ3v) is 2.73. The average Bonchev–Trinajstić information content (AvgIpc) is 2.94. The molecule has 4 heteroatoms. The van der Waals surface area contributed by atoms with Crippen molar-refractivity contribution in [2.45, 2.75) is 39.7 Å². The van der Waals surface area contributed by atoms with Crippen LogP contribution in [0.3, 0.4) is 0 Å². The number of H-pyrrole nitrogens is 1. The van der Waals surface area contributed by atoms with Gasteiger partial charge < -0.3 is 9.55 Å². The molecule has 0 amide bonds. The zero-order chi connectivity index (χ0) is 11.4. The molecule has 0 fully saturated rings. The third-order valence-electron chi connectivity index (χ3n) is 2.73. The van der Waals surface area contributed by atoms with Crippen LogP contribution in [0.4, 0.5) is 0 Å². The van der Waals surface area contributed by atoms with Gasteiger partial charge >= 0.3 is 0 Å². The second-order valence-corrected chi connectivity index (χ2v) is 3.86. The van der Waals surface area contributed by atoms with Crippen molar-refractivity contribution >= 4 is 0 Å². The van der Waals surface area contributed by atoms with Crippen LogP contribution >= 0.6 is 0 Å². The van der Waals surface area contributed by atoms with Gasteiger partial charge in [0.15, 0.2) is 5.82 Å². The number of rotatable bonds is 5. The Bertz CT molecular complexity index is 428. The highest BCUT2D eigenvalue weighted by Crippen LogP contribution is 2.17. The van der Waals surface area contributed by atoms with Crippen LogP contribution < -0.4 is 0 Å². The van der Waals surface area contributed by atoms with Gasteiger partial charge in [-0.3, -0.25) is 0 Å². The third kappa shape index (κ3) is 2.01. The lowest BCUT2D eigenvalue weighted by atomic mass is 10.3. The Morgan fingerprint density at radius 1 is 1.31 bits per heavy atom. The molecule has 0 atom stereocenters. The van der Waals surface area contributed by atoms with Crippen molar-refractivity contribution in [2.75, 3.05) is 0 Å². The molecule has 0 saturated carbocycles. The van der Waals surface area contributed by atoms with Crippen LogP contribution in [0.2, 0.25) is 0 Å². The zero-order valence-corrected chi connectivity index (χ0v) is 9.90. The highest BCUT2D eigenvalue weighted by molar-refractivity contribution is 5.49. The molecule has 0 saturated heterocycles. The van der Waals surface area contributed by atoms with E-state index in [0.717, 1.165) is 30.3 Å². The number of hydrogen-bond donors (Lipinski definition) is 1. The Morgan fingerprint density at radius 3 is 2.81 bits per heavy atom. The van der Waals surface area contributed by atoms with Gasteiger partial charge in [-0.1, -0.05) is 20.3 Å². The van der Waals surface area contributed by atoms with Crippen molar-refractivity contribution in [3.63, 3.8) is 0 Å². The predicted molar refractivity (Wildman–Crippen MR) is 64.1 cm³/mol. The van der Waals surface area contributed by atoms with Gasteiger partial charge in [-0.25, -0.2) is 9.97 Å². The van der Waals surface area contributed by atoms with E-state index in [9.17, 15) is 0 Å². The van der Waals surface area contributed by atoms with E-state index in [1.54, 1.807) is 6.20 Å². The maximum atomic E-state index is 4.45. The predicted octanol–water partition coefficient (Wildman–Crippen LogP) is 2.64. The molecule has 2 heterocycles. The van der Waals surface area contributed by atoms with Crippen LogP contribution in [0.1, 0.15) is 32.5 Å². The molecule has 4 nitrogen and oxygen atoms in total. The monoisotopic (exact) mass is 218 g/mol. The second-order valence-electron chi connectivity index (χ2n) is 3.86. The van der Waals surface area contributed by atoms with E-state index in [1.807, 2.05) is 12.4 Å². The van der Waals surface area contributed by atoms with Crippen molar-refractivity contribution in [1.29, 1.82) is 0 Å². The fourth-order valence-corrected chi connectivity index (χ4v) is 1.86. The first-order chi connectivity index (χ1) is 7.86. The first kappa shape index (κ1) is 10.9. The Kier molecular flexibility index (Phi) is 3.39. The van der Waals surface area contributed by atoms with Crippen LogP contribution in [-0.4, -0.2) is 19.5 Å². The quantitative estimate of drug-likeness (QED) is 0.838. The summed E-state index contributed by atoms with van der Waals surface area (Å²) in [5.41, 5.74) is 1.09. The minimum Gasteiger partial charge on any atom is -0.343 e. The number of nitrogens with zero attached hydrogens (tertiary/aromatic N) is 3. The minimum absolute atomic E-state index is 0.906. The van der Waals surface area contributed by atoms with Crippen LogP contribution in [-0.2, 0) is 13.0 Å². The molecule has 2 aromatic rings. The second kappa shape index (κ2) is 4.96. The molecule has 0 aliphatic rings. The molecule has 0 aromatic carbocycles. The first-order valence-corrected chi connectivity index (χ1v) is 5.91. The van der Waals surface area contributed by atoms with Gasteiger partial charge in [0.25, 0.3) is 0 Å². The molecule has 0 radical (unpaired) electrons. The molecule has 86 valence electrons. The molecule has 16 heavy (non-hydrogen) atoms. The molecule has 1 N–H and O–H groups in total. The van der Waals surface area contributed by atoms with Gasteiger partial charge in [-0.05, 0) is 6.42 Å². The van der Waals surface area contributed by atoms with Gasteiger partial charge in [-0.2, -0.15) is 0 Å². The molecular formula is C12H18N4. The first-order valence-electron chi connectivity index (χ1n) is 5.91. The minimum atomic E-state index is 0.906. The highest BCUT2D eigenvalue weighted by Gasteiger charge is 2.11. The number of aromatic nitrogens is 4. The smallest absolute Gasteiger partial charge is 0.155 e. The van der Waals surface area contributed by atoms with Crippen molar-refractivity contribution < 1.29 is 0 Å². The summed E-state index contributed by atoms with van der Waals surface area (Å²) in [6.45, 7) is 5.36. The lowest BCUT2D eigenvalue weighted by Gasteiger charge is -2.08. The van der Waals surface area contributed by atoms with Gasteiger partial charge in [0.1, 0.15) is 11.5 Å². The molecule has 0 aliphatic carbocycles. The van der Waals surface area contributed by atoms with E-state index in [4.69, 9.17) is 0 Å². The van der Waals surface area contributed by atoms with E-state index in [1.165, 1.54) is 12.8 Å². The van der Waals surface area contributed by atoms with E-state index in [0.29, 0.717) is 0 Å². The Morgan fingerprint density at radius 2 is 2.19 bits per heavy atom. The normalized spacial score (nSPS) is 10.9. The molecule has 2 rings (SSSR count). The molecule has 0 bridgehead atoms. The highest BCUT2D eigenvalue weighted by atomic mass is 15.1. The molecule has 2 aromatic heterocycles. The van der Waals surface area contributed by atoms with Crippen LogP contribution in [0.5, 0.6) is 0 Å².